The van der Waals surface area contributed by atoms with Crippen LogP contribution in [0.3, 0.4) is 0 Å². The Hall–Kier alpha value is -1.07. The number of benzene rings is 1. The molecule has 1 aromatic rings. The number of aryl methyl sites for hydroxylation is 1. The summed E-state index contributed by atoms with van der Waals surface area (Å²) in [5.41, 5.74) is 1.02. The second kappa shape index (κ2) is 9.42. The molecule has 4 nitrogen and oxygen atoms in total. The third-order valence-corrected chi connectivity index (χ3v) is 5.33. The maximum Gasteiger partial charge on any atom is 0.283 e. The average Bonchev–Trinajstić information content (AvgIpc) is 2.46. The van der Waals surface area contributed by atoms with E-state index in [1.54, 1.807) is 24.3 Å². The van der Waals surface area contributed by atoms with Crippen molar-refractivity contribution in [1.82, 2.24) is 4.90 Å². The minimum absolute atomic E-state index is 0.174. The molecule has 0 N–H and O–H groups in total. The topological polar surface area (TPSA) is 49.7 Å². The summed E-state index contributed by atoms with van der Waals surface area (Å²) in [6, 6.07) is 7.15. The van der Waals surface area contributed by atoms with Crippen LogP contribution in [0.2, 0.25) is 0 Å². The molecular weight excluding hydrogens is 344 g/mol. The number of unbranched alkanes of at least 4 members (excludes halogenated alkanes) is 1. The van der Waals surface area contributed by atoms with Gasteiger partial charge in [0.15, 0.2) is 0 Å². The summed E-state index contributed by atoms with van der Waals surface area (Å²) in [6.07, 6.45) is 2.27. The molecule has 0 unspecified atom stereocenters. The molecule has 0 aliphatic rings. The highest BCUT2D eigenvalue weighted by atomic mass is 35.5. The van der Waals surface area contributed by atoms with Gasteiger partial charge in [0, 0.05) is 24.4 Å². The van der Waals surface area contributed by atoms with Crippen molar-refractivity contribution in [2.45, 2.75) is 70.9 Å². The molecule has 0 spiro atoms. The Balaban J connectivity index is 3.24. The Kier molecular flexibility index (Phi) is 8.23. The Morgan fingerprint density at radius 1 is 1.08 bits per heavy atom. The standard InChI is InChI=1S/C18H29ClN2O2S/c1-14(2)21(15(3)4)18(8-6-7-13-19)20-24(22,23)17-11-9-16(5)10-12-17/h9-12,14-15H,6-8,13H2,1-5H3/b20-18-. The monoisotopic (exact) mass is 372 g/mol. The predicted molar refractivity (Wildman–Crippen MR) is 102 cm³/mol. The maximum absolute atomic E-state index is 12.7. The van der Waals surface area contributed by atoms with Gasteiger partial charge in [-0.05, 0) is 59.6 Å². The normalized spacial score (nSPS) is 12.9. The van der Waals surface area contributed by atoms with Crippen LogP contribution in [0.15, 0.2) is 33.6 Å². The van der Waals surface area contributed by atoms with Crippen molar-refractivity contribution in [1.29, 1.82) is 0 Å². The van der Waals surface area contributed by atoms with Gasteiger partial charge in [-0.15, -0.1) is 16.0 Å². The number of hydrogen-bond donors (Lipinski definition) is 0. The summed E-state index contributed by atoms with van der Waals surface area (Å²) in [6.45, 7) is 10.1. The summed E-state index contributed by atoms with van der Waals surface area (Å²) in [5, 5.41) is 0. The fraction of sp³-hybridized carbons (Fsp3) is 0.611. The van der Waals surface area contributed by atoms with Crippen molar-refractivity contribution >= 4 is 27.5 Å². The van der Waals surface area contributed by atoms with Crippen LogP contribution in [0.25, 0.3) is 0 Å². The lowest BCUT2D eigenvalue weighted by Crippen LogP contribution is -2.42. The Morgan fingerprint density at radius 2 is 1.62 bits per heavy atom. The first-order valence-corrected chi connectivity index (χ1v) is 10.4. The Labute approximate surface area is 152 Å². The second-order valence-corrected chi connectivity index (χ2v) is 8.52. The van der Waals surface area contributed by atoms with Gasteiger partial charge < -0.3 is 4.90 Å². The Morgan fingerprint density at radius 3 is 2.08 bits per heavy atom. The van der Waals surface area contributed by atoms with E-state index in [1.807, 2.05) is 6.92 Å². The van der Waals surface area contributed by atoms with Gasteiger partial charge in [0.05, 0.1) is 4.90 Å². The van der Waals surface area contributed by atoms with E-state index >= 15 is 0 Å². The molecule has 0 radical (unpaired) electrons. The summed E-state index contributed by atoms with van der Waals surface area (Å²) in [7, 11) is -3.71. The molecule has 1 aromatic carbocycles. The minimum atomic E-state index is -3.71. The molecule has 0 amide bonds. The number of alkyl halides is 1. The SMILES string of the molecule is Cc1ccc(S(=O)(=O)/N=C(/CCCCCl)N(C(C)C)C(C)C)cc1. The van der Waals surface area contributed by atoms with Gasteiger partial charge in [-0.2, -0.15) is 8.42 Å². The van der Waals surface area contributed by atoms with Crippen molar-refractivity contribution in [3.8, 4) is 0 Å². The fourth-order valence-corrected chi connectivity index (χ4v) is 3.93. The molecular formula is C18H29ClN2O2S. The molecule has 6 heteroatoms. The molecule has 0 bridgehead atoms. The van der Waals surface area contributed by atoms with Gasteiger partial charge in [-0.25, -0.2) is 0 Å². The number of amidine groups is 1. The molecule has 0 aromatic heterocycles. The van der Waals surface area contributed by atoms with Crippen LogP contribution in [0.1, 0.15) is 52.5 Å². The van der Waals surface area contributed by atoms with E-state index in [4.69, 9.17) is 11.6 Å². The van der Waals surface area contributed by atoms with Crippen molar-refractivity contribution in [2.24, 2.45) is 4.40 Å². The van der Waals surface area contributed by atoms with Crippen LogP contribution in [0.5, 0.6) is 0 Å². The van der Waals surface area contributed by atoms with Crippen molar-refractivity contribution in [3.63, 3.8) is 0 Å². The molecule has 1 rings (SSSR count). The van der Waals surface area contributed by atoms with Crippen LogP contribution >= 0.6 is 11.6 Å². The number of sulfonamides is 1. The zero-order valence-electron chi connectivity index (χ0n) is 15.3. The van der Waals surface area contributed by atoms with E-state index in [-0.39, 0.29) is 17.0 Å². The number of halogens is 1. The van der Waals surface area contributed by atoms with Gasteiger partial charge in [0.2, 0.25) is 0 Å². The second-order valence-electron chi connectivity index (χ2n) is 6.54. The van der Waals surface area contributed by atoms with Crippen LogP contribution in [-0.2, 0) is 10.0 Å². The van der Waals surface area contributed by atoms with Crippen molar-refractivity contribution in [3.05, 3.63) is 29.8 Å². The highest BCUT2D eigenvalue weighted by Gasteiger charge is 2.22. The minimum Gasteiger partial charge on any atom is -0.354 e. The summed E-state index contributed by atoms with van der Waals surface area (Å²) < 4.78 is 29.6. The summed E-state index contributed by atoms with van der Waals surface area (Å²) in [4.78, 5) is 2.30. The quantitative estimate of drug-likeness (QED) is 0.290. The van der Waals surface area contributed by atoms with Gasteiger partial charge in [-0.3, -0.25) is 0 Å². The summed E-state index contributed by atoms with van der Waals surface area (Å²) >= 11 is 5.76. The number of hydrogen-bond acceptors (Lipinski definition) is 2. The highest BCUT2D eigenvalue weighted by Crippen LogP contribution is 2.18. The molecule has 0 aliphatic carbocycles. The molecule has 136 valence electrons. The van der Waals surface area contributed by atoms with Crippen LogP contribution in [0, 0.1) is 6.92 Å². The van der Waals surface area contributed by atoms with Gasteiger partial charge in [0.25, 0.3) is 10.0 Å². The highest BCUT2D eigenvalue weighted by molar-refractivity contribution is 7.90. The summed E-state index contributed by atoms with van der Waals surface area (Å²) in [5.74, 6) is 1.19. The molecule has 0 heterocycles. The first kappa shape index (κ1) is 21.0. The van der Waals surface area contributed by atoms with Crippen LogP contribution < -0.4 is 0 Å². The zero-order chi connectivity index (χ0) is 18.3. The van der Waals surface area contributed by atoms with Gasteiger partial charge in [-0.1, -0.05) is 17.7 Å². The lowest BCUT2D eigenvalue weighted by Gasteiger charge is -2.34. The largest absolute Gasteiger partial charge is 0.354 e. The van der Waals surface area contributed by atoms with E-state index in [2.05, 4.69) is 37.0 Å². The van der Waals surface area contributed by atoms with Gasteiger partial charge >= 0.3 is 0 Å². The van der Waals surface area contributed by atoms with Crippen LogP contribution in [-0.4, -0.2) is 37.1 Å². The molecule has 0 atom stereocenters. The average molecular weight is 373 g/mol. The zero-order valence-corrected chi connectivity index (χ0v) is 16.9. The van der Waals surface area contributed by atoms with Gasteiger partial charge in [0.1, 0.15) is 5.84 Å². The van der Waals surface area contributed by atoms with E-state index < -0.39 is 10.0 Å². The lowest BCUT2D eigenvalue weighted by atomic mass is 10.1. The molecule has 0 aliphatic heterocycles. The molecule has 0 saturated carbocycles. The molecule has 0 saturated heterocycles. The van der Waals surface area contributed by atoms with Crippen LogP contribution in [0.4, 0.5) is 0 Å². The Bertz CT molecular complexity index is 629. The first-order valence-electron chi connectivity index (χ1n) is 8.44. The van der Waals surface area contributed by atoms with E-state index in [1.165, 1.54) is 0 Å². The number of nitrogens with zero attached hydrogens (tertiary/aromatic N) is 2. The third-order valence-electron chi connectivity index (χ3n) is 3.74. The molecule has 24 heavy (non-hydrogen) atoms. The van der Waals surface area contributed by atoms with E-state index in [0.717, 1.165) is 18.4 Å². The fourth-order valence-electron chi connectivity index (χ4n) is 2.69. The lowest BCUT2D eigenvalue weighted by molar-refractivity contribution is 0.286. The smallest absolute Gasteiger partial charge is 0.283 e. The third kappa shape index (κ3) is 6.10. The maximum atomic E-state index is 12.7. The molecule has 0 fully saturated rings. The van der Waals surface area contributed by atoms with E-state index in [9.17, 15) is 8.42 Å². The van der Waals surface area contributed by atoms with Crippen molar-refractivity contribution in [2.75, 3.05) is 5.88 Å². The van der Waals surface area contributed by atoms with Crippen molar-refractivity contribution < 1.29 is 8.42 Å². The van der Waals surface area contributed by atoms with E-state index in [0.29, 0.717) is 18.1 Å². The predicted octanol–water partition coefficient (Wildman–Crippen LogP) is 4.61. The first-order chi connectivity index (χ1) is 11.2. The number of rotatable bonds is 8.